The monoisotopic (exact) mass is 380 g/mol. The Morgan fingerprint density at radius 2 is 2.04 bits per heavy atom. The van der Waals surface area contributed by atoms with Crippen LogP contribution in [0.1, 0.15) is 37.2 Å². The SMILES string of the molecule is CC1(C)[C@H](C=C2CCOC2=O)[C@H]1C(=O)OCc1coc(Cc2ccccc2)c1. The number of rotatable bonds is 6. The number of benzene rings is 1. The predicted molar refractivity (Wildman–Crippen MR) is 102 cm³/mol. The second-order valence-corrected chi connectivity index (χ2v) is 8.09. The number of hydrogen-bond acceptors (Lipinski definition) is 5. The summed E-state index contributed by atoms with van der Waals surface area (Å²) in [7, 11) is 0. The highest BCUT2D eigenvalue weighted by molar-refractivity contribution is 5.90. The molecule has 2 atom stereocenters. The number of esters is 2. The van der Waals surface area contributed by atoms with Gasteiger partial charge in [0.05, 0.1) is 18.8 Å². The van der Waals surface area contributed by atoms with Crippen LogP contribution in [0.3, 0.4) is 0 Å². The van der Waals surface area contributed by atoms with Crippen LogP contribution in [0.4, 0.5) is 0 Å². The first kappa shape index (κ1) is 18.5. The molecule has 2 aromatic rings. The molecule has 1 aliphatic carbocycles. The lowest BCUT2D eigenvalue weighted by Gasteiger charge is -2.03. The molecule has 0 bridgehead atoms. The minimum Gasteiger partial charge on any atom is -0.469 e. The third-order valence-corrected chi connectivity index (χ3v) is 5.72. The van der Waals surface area contributed by atoms with E-state index in [9.17, 15) is 9.59 Å². The van der Waals surface area contributed by atoms with Gasteiger partial charge in [-0.25, -0.2) is 4.79 Å². The molecule has 2 fully saturated rings. The molecule has 28 heavy (non-hydrogen) atoms. The Labute approximate surface area is 164 Å². The summed E-state index contributed by atoms with van der Waals surface area (Å²) >= 11 is 0. The van der Waals surface area contributed by atoms with Crippen LogP contribution in [-0.2, 0) is 32.1 Å². The van der Waals surface area contributed by atoms with Crippen molar-refractivity contribution in [3.63, 3.8) is 0 Å². The third-order valence-electron chi connectivity index (χ3n) is 5.72. The van der Waals surface area contributed by atoms with E-state index in [0.717, 1.165) is 11.3 Å². The number of carbonyl (C=O) groups is 2. The van der Waals surface area contributed by atoms with Gasteiger partial charge in [-0.1, -0.05) is 50.3 Å². The maximum atomic E-state index is 12.6. The van der Waals surface area contributed by atoms with Gasteiger partial charge in [0.15, 0.2) is 0 Å². The van der Waals surface area contributed by atoms with Crippen molar-refractivity contribution in [1.29, 1.82) is 0 Å². The van der Waals surface area contributed by atoms with Crippen molar-refractivity contribution in [2.24, 2.45) is 17.3 Å². The van der Waals surface area contributed by atoms with E-state index in [1.165, 1.54) is 5.56 Å². The molecule has 1 aliphatic heterocycles. The van der Waals surface area contributed by atoms with Gasteiger partial charge >= 0.3 is 11.9 Å². The Balaban J connectivity index is 1.33. The van der Waals surface area contributed by atoms with E-state index in [4.69, 9.17) is 13.9 Å². The summed E-state index contributed by atoms with van der Waals surface area (Å²) < 4.78 is 16.1. The maximum absolute atomic E-state index is 12.6. The Bertz CT molecular complexity index is 906. The van der Waals surface area contributed by atoms with Gasteiger partial charge in [-0.05, 0) is 23.0 Å². The van der Waals surface area contributed by atoms with Gasteiger partial charge in [0.2, 0.25) is 0 Å². The number of allylic oxidation sites excluding steroid dienone is 1. The molecule has 5 nitrogen and oxygen atoms in total. The van der Waals surface area contributed by atoms with Crippen molar-refractivity contribution in [2.75, 3.05) is 6.61 Å². The van der Waals surface area contributed by atoms with Crippen LogP contribution in [0.25, 0.3) is 0 Å². The van der Waals surface area contributed by atoms with Gasteiger partial charge in [-0.15, -0.1) is 0 Å². The second kappa shape index (κ2) is 7.30. The first-order valence-electron chi connectivity index (χ1n) is 9.60. The van der Waals surface area contributed by atoms with Crippen LogP contribution in [0.15, 0.2) is 58.7 Å². The average molecular weight is 380 g/mol. The summed E-state index contributed by atoms with van der Waals surface area (Å²) in [5, 5.41) is 0. The maximum Gasteiger partial charge on any atom is 0.333 e. The van der Waals surface area contributed by atoms with E-state index in [-0.39, 0.29) is 35.8 Å². The van der Waals surface area contributed by atoms with Crippen LogP contribution in [0, 0.1) is 17.3 Å². The quantitative estimate of drug-likeness (QED) is 0.559. The molecule has 0 unspecified atom stereocenters. The lowest BCUT2D eigenvalue weighted by molar-refractivity contribution is -0.147. The smallest absolute Gasteiger partial charge is 0.333 e. The molecule has 4 rings (SSSR count). The molecule has 1 aromatic carbocycles. The fraction of sp³-hybridized carbons (Fsp3) is 0.391. The van der Waals surface area contributed by atoms with Crippen LogP contribution in [0.2, 0.25) is 0 Å². The van der Waals surface area contributed by atoms with E-state index in [0.29, 0.717) is 25.0 Å². The van der Waals surface area contributed by atoms with Crippen LogP contribution in [-0.4, -0.2) is 18.5 Å². The fourth-order valence-electron chi connectivity index (χ4n) is 3.89. The van der Waals surface area contributed by atoms with E-state index >= 15 is 0 Å². The highest BCUT2D eigenvalue weighted by atomic mass is 16.5. The number of ether oxygens (including phenoxy) is 2. The van der Waals surface area contributed by atoms with Crippen molar-refractivity contribution in [2.45, 2.75) is 33.3 Å². The highest BCUT2D eigenvalue weighted by Gasteiger charge is 2.61. The van der Waals surface area contributed by atoms with Crippen molar-refractivity contribution in [3.8, 4) is 0 Å². The van der Waals surface area contributed by atoms with E-state index in [1.807, 2.05) is 56.3 Å². The Kier molecular flexibility index (Phi) is 4.84. The minimum atomic E-state index is -0.265. The first-order chi connectivity index (χ1) is 13.4. The molecule has 0 N–H and O–H groups in total. The molecular formula is C23H24O5. The first-order valence-corrected chi connectivity index (χ1v) is 9.60. The molecule has 1 aromatic heterocycles. The minimum absolute atomic E-state index is 0.0126. The summed E-state index contributed by atoms with van der Waals surface area (Å²) in [6.07, 6.45) is 4.86. The zero-order chi connectivity index (χ0) is 19.7. The van der Waals surface area contributed by atoms with Crippen LogP contribution >= 0.6 is 0 Å². The molecule has 1 saturated heterocycles. The molecule has 146 valence electrons. The van der Waals surface area contributed by atoms with E-state index in [1.54, 1.807) is 6.26 Å². The predicted octanol–water partition coefficient (Wildman–Crippen LogP) is 4.06. The summed E-state index contributed by atoms with van der Waals surface area (Å²) in [4.78, 5) is 24.2. The molecule has 1 saturated carbocycles. The summed E-state index contributed by atoms with van der Waals surface area (Å²) in [6, 6.07) is 12.0. The standard InChI is InChI=1S/C23H24O5/c1-23(2)19(12-17-8-9-26-21(17)24)20(23)22(25)28-14-16-11-18(27-13-16)10-15-6-4-3-5-7-15/h3-7,11-13,19-20H,8-10,14H2,1-2H3/t19-,20+/m1/s1. The van der Waals surface area contributed by atoms with Gasteiger partial charge in [0.25, 0.3) is 0 Å². The zero-order valence-electron chi connectivity index (χ0n) is 16.1. The van der Waals surface area contributed by atoms with Gasteiger partial charge in [-0.2, -0.15) is 0 Å². The molecule has 2 aliphatic rings. The van der Waals surface area contributed by atoms with Crippen molar-refractivity contribution >= 4 is 11.9 Å². The van der Waals surface area contributed by atoms with Crippen molar-refractivity contribution in [3.05, 3.63) is 71.2 Å². The van der Waals surface area contributed by atoms with Crippen LogP contribution < -0.4 is 0 Å². The lowest BCUT2D eigenvalue weighted by Crippen LogP contribution is -2.10. The molecule has 0 spiro atoms. The second-order valence-electron chi connectivity index (χ2n) is 8.09. The Morgan fingerprint density at radius 3 is 2.75 bits per heavy atom. The topological polar surface area (TPSA) is 65.7 Å². The largest absolute Gasteiger partial charge is 0.469 e. The fourth-order valence-corrected chi connectivity index (χ4v) is 3.89. The van der Waals surface area contributed by atoms with Gasteiger partial charge < -0.3 is 13.9 Å². The number of carbonyl (C=O) groups excluding carboxylic acids is 2. The van der Waals surface area contributed by atoms with Gasteiger partial charge in [0.1, 0.15) is 12.4 Å². The molecule has 2 heterocycles. The number of hydrogen-bond donors (Lipinski definition) is 0. The van der Waals surface area contributed by atoms with E-state index < -0.39 is 0 Å². The molecule has 0 radical (unpaired) electrons. The Morgan fingerprint density at radius 1 is 1.25 bits per heavy atom. The van der Waals surface area contributed by atoms with Crippen LogP contribution in [0.5, 0.6) is 0 Å². The summed E-state index contributed by atoms with van der Waals surface area (Å²) in [5.41, 5.74) is 2.48. The van der Waals surface area contributed by atoms with Gasteiger partial charge in [0, 0.05) is 24.0 Å². The lowest BCUT2D eigenvalue weighted by atomic mass is 10.1. The third kappa shape index (κ3) is 3.75. The summed E-state index contributed by atoms with van der Waals surface area (Å²) in [6.45, 7) is 4.67. The summed E-state index contributed by atoms with van der Waals surface area (Å²) in [5.74, 6) is 0.122. The molecule has 0 amide bonds. The normalized spacial score (nSPS) is 24.2. The zero-order valence-corrected chi connectivity index (χ0v) is 16.1. The highest BCUT2D eigenvalue weighted by Crippen LogP contribution is 2.60. The molecular weight excluding hydrogens is 356 g/mol. The number of furan rings is 1. The Hall–Kier alpha value is -2.82. The van der Waals surface area contributed by atoms with E-state index in [2.05, 4.69) is 0 Å². The molecule has 5 heteroatoms. The van der Waals surface area contributed by atoms with Gasteiger partial charge in [-0.3, -0.25) is 4.79 Å². The van der Waals surface area contributed by atoms with Crippen molar-refractivity contribution in [1.82, 2.24) is 0 Å². The number of cyclic esters (lactones) is 1. The van der Waals surface area contributed by atoms with Crippen molar-refractivity contribution < 1.29 is 23.5 Å². The average Bonchev–Trinajstić information content (AvgIpc) is 3.03.